The Labute approximate surface area is 103 Å². The molecule has 1 saturated heterocycles. The van der Waals surface area contributed by atoms with Gasteiger partial charge in [0, 0.05) is 32.7 Å². The number of hydrogen-bond acceptors (Lipinski definition) is 4. The minimum atomic E-state index is 0.744. The van der Waals surface area contributed by atoms with E-state index in [2.05, 4.69) is 34.5 Å². The minimum Gasteiger partial charge on any atom is -0.304 e. The zero-order valence-corrected chi connectivity index (χ0v) is 10.4. The fraction of sp³-hybridized carbons (Fsp3) is 0.538. The van der Waals surface area contributed by atoms with Crippen LogP contribution in [0.5, 0.6) is 0 Å². The average Bonchev–Trinajstić information content (AvgIpc) is 2.39. The first-order valence-electron chi connectivity index (χ1n) is 6.18. The predicted octanol–water partition coefficient (Wildman–Crippen LogP) is 1.28. The van der Waals surface area contributed by atoms with Crippen molar-refractivity contribution in [2.75, 3.05) is 45.3 Å². The summed E-state index contributed by atoms with van der Waals surface area (Å²) in [6.45, 7) is 5.82. The third-order valence-corrected chi connectivity index (χ3v) is 3.40. The number of rotatable bonds is 4. The van der Waals surface area contributed by atoms with E-state index in [1.807, 2.05) is 12.1 Å². The second kappa shape index (κ2) is 6.00. The van der Waals surface area contributed by atoms with Crippen LogP contribution in [0.4, 0.5) is 5.69 Å². The minimum absolute atomic E-state index is 0.744. The van der Waals surface area contributed by atoms with E-state index in [9.17, 15) is 0 Å². The summed E-state index contributed by atoms with van der Waals surface area (Å²) < 4.78 is 0. The molecule has 1 heterocycles. The van der Waals surface area contributed by atoms with Gasteiger partial charge in [0.1, 0.15) is 0 Å². The van der Waals surface area contributed by atoms with Crippen LogP contribution >= 0.6 is 0 Å². The number of piperazine rings is 1. The van der Waals surface area contributed by atoms with Crippen molar-refractivity contribution in [3.05, 3.63) is 29.8 Å². The van der Waals surface area contributed by atoms with Gasteiger partial charge in [0.05, 0.1) is 5.69 Å². The molecule has 0 aromatic heterocycles. The molecule has 0 bridgehead atoms. The molecular weight excluding hydrogens is 214 g/mol. The molecule has 1 aliphatic rings. The predicted molar refractivity (Wildman–Crippen MR) is 69.5 cm³/mol. The van der Waals surface area contributed by atoms with Crippen LogP contribution in [0, 0.1) is 0 Å². The summed E-state index contributed by atoms with van der Waals surface area (Å²) in [6, 6.07) is 7.93. The molecule has 1 aromatic rings. The van der Waals surface area contributed by atoms with Crippen molar-refractivity contribution in [2.24, 2.45) is 0 Å². The summed E-state index contributed by atoms with van der Waals surface area (Å²) in [6.07, 6.45) is 1.08. The molecule has 4 nitrogen and oxygen atoms in total. The van der Waals surface area contributed by atoms with Crippen molar-refractivity contribution < 1.29 is 5.21 Å². The van der Waals surface area contributed by atoms with Crippen LogP contribution < -0.4 is 5.48 Å². The summed E-state index contributed by atoms with van der Waals surface area (Å²) in [5.41, 5.74) is 4.21. The van der Waals surface area contributed by atoms with E-state index in [-0.39, 0.29) is 0 Å². The van der Waals surface area contributed by atoms with E-state index in [1.54, 1.807) is 0 Å². The summed E-state index contributed by atoms with van der Waals surface area (Å²) in [5.74, 6) is 0. The summed E-state index contributed by atoms with van der Waals surface area (Å²) in [5, 5.41) is 8.72. The maximum absolute atomic E-state index is 8.72. The van der Waals surface area contributed by atoms with Crippen LogP contribution in [0.25, 0.3) is 0 Å². The van der Waals surface area contributed by atoms with Gasteiger partial charge in [0.2, 0.25) is 0 Å². The van der Waals surface area contributed by atoms with Crippen LogP contribution in [0.2, 0.25) is 0 Å². The summed E-state index contributed by atoms with van der Waals surface area (Å²) in [7, 11) is 2.18. The average molecular weight is 235 g/mol. The zero-order valence-electron chi connectivity index (χ0n) is 10.4. The Morgan fingerprint density at radius 2 is 1.76 bits per heavy atom. The van der Waals surface area contributed by atoms with Gasteiger partial charge in [-0.1, -0.05) is 12.1 Å². The summed E-state index contributed by atoms with van der Waals surface area (Å²) in [4.78, 5) is 4.89. The molecule has 0 radical (unpaired) electrons. The highest BCUT2D eigenvalue weighted by molar-refractivity contribution is 5.42. The molecule has 0 unspecified atom stereocenters. The van der Waals surface area contributed by atoms with Gasteiger partial charge in [-0.05, 0) is 31.2 Å². The molecule has 0 atom stereocenters. The Morgan fingerprint density at radius 3 is 2.35 bits per heavy atom. The largest absolute Gasteiger partial charge is 0.304 e. The normalized spacial score (nSPS) is 18.2. The third-order valence-electron chi connectivity index (χ3n) is 3.40. The van der Waals surface area contributed by atoms with Gasteiger partial charge in [-0.3, -0.25) is 10.7 Å². The van der Waals surface area contributed by atoms with E-state index >= 15 is 0 Å². The van der Waals surface area contributed by atoms with Crippen LogP contribution in [-0.2, 0) is 6.42 Å². The number of anilines is 1. The number of likely N-dealkylation sites (N-methyl/N-ethyl adjacent to an activating group) is 1. The van der Waals surface area contributed by atoms with Gasteiger partial charge in [-0.2, -0.15) is 0 Å². The topological polar surface area (TPSA) is 38.7 Å². The lowest BCUT2D eigenvalue weighted by Gasteiger charge is -2.32. The smallest absolute Gasteiger partial charge is 0.0602 e. The Kier molecular flexibility index (Phi) is 4.36. The monoisotopic (exact) mass is 235 g/mol. The molecule has 0 aliphatic carbocycles. The van der Waals surface area contributed by atoms with E-state index in [0.717, 1.165) is 18.7 Å². The van der Waals surface area contributed by atoms with Crippen molar-refractivity contribution >= 4 is 5.69 Å². The first-order chi connectivity index (χ1) is 8.28. The van der Waals surface area contributed by atoms with Crippen LogP contribution in [0.15, 0.2) is 24.3 Å². The van der Waals surface area contributed by atoms with Crippen molar-refractivity contribution in [2.45, 2.75) is 6.42 Å². The Bertz CT molecular complexity index is 331. The van der Waals surface area contributed by atoms with E-state index in [1.165, 1.54) is 31.7 Å². The Morgan fingerprint density at radius 1 is 1.12 bits per heavy atom. The van der Waals surface area contributed by atoms with E-state index < -0.39 is 0 Å². The highest BCUT2D eigenvalue weighted by atomic mass is 16.5. The molecule has 17 heavy (non-hydrogen) atoms. The molecule has 1 aromatic carbocycles. The zero-order chi connectivity index (χ0) is 12.1. The van der Waals surface area contributed by atoms with Gasteiger partial charge in [0.15, 0.2) is 0 Å². The van der Waals surface area contributed by atoms with Crippen molar-refractivity contribution in [1.82, 2.24) is 9.80 Å². The second-order valence-electron chi connectivity index (χ2n) is 4.70. The molecule has 2 rings (SSSR count). The van der Waals surface area contributed by atoms with Gasteiger partial charge in [-0.15, -0.1) is 0 Å². The van der Waals surface area contributed by atoms with E-state index in [0.29, 0.717) is 0 Å². The molecular formula is C13H21N3O. The first kappa shape index (κ1) is 12.4. The SMILES string of the molecule is CN1CCN(CCc2ccc(NO)cc2)CC1. The summed E-state index contributed by atoms with van der Waals surface area (Å²) >= 11 is 0. The third kappa shape index (κ3) is 3.70. The Balaban J connectivity index is 1.77. The molecule has 1 aliphatic heterocycles. The maximum atomic E-state index is 8.72. The number of benzene rings is 1. The Hall–Kier alpha value is -1.10. The van der Waals surface area contributed by atoms with Crippen LogP contribution in [0.1, 0.15) is 5.56 Å². The lowest BCUT2D eigenvalue weighted by molar-refractivity contribution is 0.155. The van der Waals surface area contributed by atoms with Crippen molar-refractivity contribution in [1.29, 1.82) is 0 Å². The van der Waals surface area contributed by atoms with Gasteiger partial charge in [0.25, 0.3) is 0 Å². The lowest BCUT2D eigenvalue weighted by Crippen LogP contribution is -2.45. The van der Waals surface area contributed by atoms with Gasteiger partial charge in [-0.25, -0.2) is 0 Å². The fourth-order valence-electron chi connectivity index (χ4n) is 2.10. The molecule has 0 saturated carbocycles. The number of hydrogen-bond donors (Lipinski definition) is 2. The maximum Gasteiger partial charge on any atom is 0.0602 e. The molecule has 4 heteroatoms. The van der Waals surface area contributed by atoms with Gasteiger partial charge < -0.3 is 9.80 Å². The molecule has 0 amide bonds. The lowest BCUT2D eigenvalue weighted by atomic mass is 10.1. The quantitative estimate of drug-likeness (QED) is 0.771. The number of nitrogens with zero attached hydrogens (tertiary/aromatic N) is 2. The van der Waals surface area contributed by atoms with Crippen molar-refractivity contribution in [3.8, 4) is 0 Å². The van der Waals surface area contributed by atoms with Gasteiger partial charge >= 0.3 is 0 Å². The van der Waals surface area contributed by atoms with Crippen LogP contribution in [-0.4, -0.2) is 54.8 Å². The molecule has 2 N–H and O–H groups in total. The van der Waals surface area contributed by atoms with Crippen LogP contribution in [0.3, 0.4) is 0 Å². The standard InChI is InChI=1S/C13H21N3O/c1-15-8-10-16(11-9-15)7-6-12-2-4-13(14-17)5-3-12/h2-5,14,17H,6-11H2,1H3. The second-order valence-corrected chi connectivity index (χ2v) is 4.70. The first-order valence-corrected chi connectivity index (χ1v) is 6.18. The highest BCUT2D eigenvalue weighted by Crippen LogP contribution is 2.10. The van der Waals surface area contributed by atoms with E-state index in [4.69, 9.17) is 5.21 Å². The number of nitrogens with one attached hydrogen (secondary N) is 1. The van der Waals surface area contributed by atoms with Crippen molar-refractivity contribution in [3.63, 3.8) is 0 Å². The fourth-order valence-corrected chi connectivity index (χ4v) is 2.10. The molecule has 94 valence electrons. The molecule has 1 fully saturated rings. The highest BCUT2D eigenvalue weighted by Gasteiger charge is 2.12. The molecule has 0 spiro atoms.